The van der Waals surface area contributed by atoms with Crippen LogP contribution in [0.2, 0.25) is 0 Å². The number of aromatic nitrogens is 1. The Balaban J connectivity index is 1.71. The molecule has 1 aromatic heterocycles. The molecule has 0 unspecified atom stereocenters. The fourth-order valence-electron chi connectivity index (χ4n) is 5.88. The van der Waals surface area contributed by atoms with Gasteiger partial charge in [-0.15, -0.1) is 0 Å². The number of aliphatic hydroxyl groups is 1. The first-order chi connectivity index (χ1) is 24.6. The molecule has 282 valence electrons. The van der Waals surface area contributed by atoms with Gasteiger partial charge < -0.3 is 36.0 Å². The molecule has 0 saturated heterocycles. The molecule has 3 aromatic rings. The average Bonchev–Trinajstić information content (AvgIpc) is 3.50. The fraction of sp³-hybridized carbons (Fsp3) is 0.447. The summed E-state index contributed by atoms with van der Waals surface area (Å²) in [5, 5.41) is 24.0. The van der Waals surface area contributed by atoms with Gasteiger partial charge in [0.25, 0.3) is 0 Å². The highest BCUT2D eigenvalue weighted by molar-refractivity contribution is 5.86. The molecule has 0 spiro atoms. The molecule has 0 fully saturated rings. The molecule has 2 atom stereocenters. The smallest absolute Gasteiger partial charge is 0.303 e. The molecule has 14 heteroatoms. The van der Waals surface area contributed by atoms with E-state index in [0.29, 0.717) is 24.2 Å². The van der Waals surface area contributed by atoms with E-state index in [9.17, 15) is 37.9 Å². The van der Waals surface area contributed by atoms with Crippen LogP contribution in [0.3, 0.4) is 0 Å². The Kier molecular flexibility index (Phi) is 15.6. The van der Waals surface area contributed by atoms with Crippen molar-refractivity contribution >= 4 is 29.5 Å². The van der Waals surface area contributed by atoms with Crippen LogP contribution in [-0.4, -0.2) is 81.4 Å². The zero-order chi connectivity index (χ0) is 38.4. The third kappa shape index (κ3) is 12.7. The molecule has 0 bridgehead atoms. The van der Waals surface area contributed by atoms with E-state index >= 15 is 0 Å². The average molecular weight is 726 g/mol. The number of nitrogens with zero attached hydrogens (tertiary/aromatic N) is 2. The first kappa shape index (κ1) is 41.5. The van der Waals surface area contributed by atoms with Crippen LogP contribution in [0, 0.1) is 17.0 Å². The molecule has 0 radical (unpaired) electrons. The zero-order valence-corrected chi connectivity index (χ0v) is 29.9. The number of halogens is 2. The first-order valence-electron chi connectivity index (χ1n) is 17.2. The fourth-order valence-corrected chi connectivity index (χ4v) is 5.88. The van der Waals surface area contributed by atoms with Crippen molar-refractivity contribution < 1.29 is 43.0 Å². The number of hydrogen-bond donors (Lipinski definition) is 5. The lowest BCUT2D eigenvalue weighted by Crippen LogP contribution is -2.47. The third-order valence-corrected chi connectivity index (χ3v) is 8.47. The van der Waals surface area contributed by atoms with Crippen molar-refractivity contribution in [3.63, 3.8) is 0 Å². The number of hydrogen-bond acceptors (Lipinski definition) is 7. The molecule has 12 nitrogen and oxygen atoms in total. The van der Waals surface area contributed by atoms with Gasteiger partial charge in [0.15, 0.2) is 0 Å². The summed E-state index contributed by atoms with van der Waals surface area (Å²) in [6.45, 7) is 5.72. The maximum Gasteiger partial charge on any atom is 0.303 e. The van der Waals surface area contributed by atoms with Crippen molar-refractivity contribution in [1.29, 1.82) is 0 Å². The van der Waals surface area contributed by atoms with Crippen LogP contribution in [0.15, 0.2) is 60.8 Å². The number of nitrogens with two attached hydrogens (primary N) is 1. The second kappa shape index (κ2) is 19.6. The minimum absolute atomic E-state index is 0.00264. The molecule has 52 heavy (non-hydrogen) atoms. The van der Waals surface area contributed by atoms with Crippen molar-refractivity contribution in [3.05, 3.63) is 83.7 Å². The summed E-state index contributed by atoms with van der Waals surface area (Å²) in [5.74, 6) is -4.04. The van der Waals surface area contributed by atoms with Gasteiger partial charge in [0.1, 0.15) is 24.0 Å². The lowest BCUT2D eigenvalue weighted by atomic mass is 9.82. The van der Waals surface area contributed by atoms with Crippen molar-refractivity contribution in [2.24, 2.45) is 11.1 Å². The SMILES string of the molecule is CC(C)(C)[C@H](c1cc(-c2cc(F)ccc2F)cn1Cc1ccccc1)N(CC[C@H](N)C(=O)NCCCNC(=O)CCC(=O)CCC(=O)O)C(=O)CO. The number of carbonyl (C=O) groups is 5. The van der Waals surface area contributed by atoms with E-state index < -0.39 is 53.5 Å². The molecular formula is C38H49F2N5O7. The highest BCUT2D eigenvalue weighted by Crippen LogP contribution is 2.41. The maximum absolute atomic E-state index is 15.0. The van der Waals surface area contributed by atoms with Crippen LogP contribution >= 0.6 is 0 Å². The van der Waals surface area contributed by atoms with E-state index in [1.54, 1.807) is 12.3 Å². The van der Waals surface area contributed by atoms with E-state index in [2.05, 4.69) is 10.6 Å². The number of ketones is 1. The number of carboxylic acids is 1. The highest BCUT2D eigenvalue weighted by Gasteiger charge is 2.37. The van der Waals surface area contributed by atoms with Crippen LogP contribution in [0.4, 0.5) is 8.78 Å². The number of carboxylic acid groups (broad SMARTS) is 1. The van der Waals surface area contributed by atoms with Crippen molar-refractivity contribution in [2.45, 2.75) is 77.9 Å². The molecule has 0 aliphatic heterocycles. The van der Waals surface area contributed by atoms with E-state index in [0.717, 1.165) is 23.8 Å². The molecule has 6 N–H and O–H groups in total. The Labute approximate surface area is 302 Å². The van der Waals surface area contributed by atoms with Crippen molar-refractivity contribution in [1.82, 2.24) is 20.1 Å². The van der Waals surface area contributed by atoms with Gasteiger partial charge in [0, 0.05) is 68.5 Å². The summed E-state index contributed by atoms with van der Waals surface area (Å²) in [7, 11) is 0. The molecular weight excluding hydrogens is 676 g/mol. The van der Waals surface area contributed by atoms with E-state index in [4.69, 9.17) is 10.8 Å². The third-order valence-electron chi connectivity index (χ3n) is 8.47. The van der Waals surface area contributed by atoms with E-state index in [1.165, 1.54) is 4.90 Å². The molecule has 0 saturated carbocycles. The molecule has 3 rings (SSSR count). The number of nitrogens with one attached hydrogen (secondary N) is 2. The Bertz CT molecular complexity index is 1690. The number of amides is 3. The summed E-state index contributed by atoms with van der Waals surface area (Å²) in [6.07, 6.45) is 1.62. The predicted octanol–water partition coefficient (Wildman–Crippen LogP) is 3.94. The summed E-state index contributed by atoms with van der Waals surface area (Å²) in [6, 6.07) is 12.7. The van der Waals surface area contributed by atoms with Gasteiger partial charge >= 0.3 is 5.97 Å². The van der Waals surface area contributed by atoms with Crippen molar-refractivity contribution in [2.75, 3.05) is 26.2 Å². The molecule has 1 heterocycles. The van der Waals surface area contributed by atoms with Crippen LogP contribution in [0.5, 0.6) is 0 Å². The van der Waals surface area contributed by atoms with Crippen LogP contribution in [0.1, 0.15) is 76.6 Å². The highest BCUT2D eigenvalue weighted by atomic mass is 19.1. The zero-order valence-electron chi connectivity index (χ0n) is 29.9. The van der Waals surface area contributed by atoms with Crippen LogP contribution in [0.25, 0.3) is 11.1 Å². The number of aliphatic hydroxyl groups excluding tert-OH is 1. The lowest BCUT2D eigenvalue weighted by molar-refractivity contribution is -0.140. The lowest BCUT2D eigenvalue weighted by Gasteiger charge is -2.41. The normalized spacial score (nSPS) is 12.5. The molecule has 2 aromatic carbocycles. The van der Waals surface area contributed by atoms with Crippen LogP contribution in [-0.2, 0) is 30.5 Å². The van der Waals surface area contributed by atoms with Gasteiger partial charge in [-0.25, -0.2) is 8.78 Å². The largest absolute Gasteiger partial charge is 0.481 e. The first-order valence-corrected chi connectivity index (χ1v) is 17.2. The van der Waals surface area contributed by atoms with Gasteiger partial charge in [0.05, 0.1) is 18.5 Å². The summed E-state index contributed by atoms with van der Waals surface area (Å²) < 4.78 is 31.1. The summed E-state index contributed by atoms with van der Waals surface area (Å²) in [4.78, 5) is 61.9. The minimum atomic E-state index is -1.08. The van der Waals surface area contributed by atoms with Crippen molar-refractivity contribution in [3.8, 4) is 11.1 Å². The van der Waals surface area contributed by atoms with E-state index in [1.807, 2.05) is 55.7 Å². The Hall–Kier alpha value is -4.95. The van der Waals surface area contributed by atoms with Gasteiger partial charge in [-0.1, -0.05) is 51.1 Å². The maximum atomic E-state index is 15.0. The van der Waals surface area contributed by atoms with Crippen LogP contribution < -0.4 is 16.4 Å². The number of aliphatic carboxylic acids is 1. The number of benzene rings is 2. The second-order valence-corrected chi connectivity index (χ2v) is 13.7. The summed E-state index contributed by atoms with van der Waals surface area (Å²) in [5.41, 5.74) is 7.61. The molecule has 0 aliphatic rings. The monoisotopic (exact) mass is 725 g/mol. The Morgan fingerprint density at radius 2 is 1.60 bits per heavy atom. The van der Waals surface area contributed by atoms with Gasteiger partial charge in [0.2, 0.25) is 17.7 Å². The van der Waals surface area contributed by atoms with E-state index in [-0.39, 0.29) is 69.0 Å². The number of Topliss-reactive ketones (excluding diaryl/α,β-unsaturated/α-hetero) is 1. The minimum Gasteiger partial charge on any atom is -0.481 e. The van der Waals surface area contributed by atoms with Gasteiger partial charge in [-0.2, -0.15) is 0 Å². The van der Waals surface area contributed by atoms with Gasteiger partial charge in [-0.05, 0) is 48.1 Å². The number of carbonyl (C=O) groups excluding carboxylic acids is 4. The number of rotatable bonds is 20. The van der Waals surface area contributed by atoms with Gasteiger partial charge in [-0.3, -0.25) is 24.0 Å². The standard InChI is InChI=1S/C38H49F2N5O7/c1-38(2,3)36(32-20-26(29-21-27(39)10-13-30(29)40)23-44(32)22-25-8-5-4-6-9-25)45(34(49)24-46)19-16-31(41)37(52)43-18-7-17-42-33(48)14-11-28(47)12-15-35(50)51/h4-6,8-10,13,20-21,23,31,36,46H,7,11-12,14-19,22,24,41H2,1-3H3,(H,42,48)(H,43,52)(H,50,51)/t31-,36-/m0/s1. The molecule has 0 aliphatic carbocycles. The summed E-state index contributed by atoms with van der Waals surface area (Å²) >= 11 is 0. The Morgan fingerprint density at radius 1 is 0.923 bits per heavy atom. The second-order valence-electron chi connectivity index (χ2n) is 13.7. The molecule has 3 amide bonds. The quantitative estimate of drug-likeness (QED) is 0.109. The Morgan fingerprint density at radius 3 is 2.25 bits per heavy atom. The predicted molar refractivity (Wildman–Crippen MR) is 191 cm³/mol. The topological polar surface area (TPSA) is 184 Å².